The van der Waals surface area contributed by atoms with Gasteiger partial charge in [0.2, 0.25) is 11.8 Å². The molecule has 4 aliphatic carbocycles. The van der Waals surface area contributed by atoms with Gasteiger partial charge in [-0.05, 0) is 62.7 Å². The van der Waals surface area contributed by atoms with Crippen LogP contribution in [0.2, 0.25) is 0 Å². The Morgan fingerprint density at radius 3 is 2.54 bits per heavy atom. The number of nitrogens with zero attached hydrogens (tertiary/aromatic N) is 1. The number of ether oxygens (including phenoxy) is 1. The van der Waals surface area contributed by atoms with Crippen LogP contribution in [0.15, 0.2) is 4.99 Å². The summed E-state index contributed by atoms with van der Waals surface area (Å²) >= 11 is 1.44. The van der Waals surface area contributed by atoms with Crippen LogP contribution in [-0.4, -0.2) is 48.0 Å². The maximum atomic E-state index is 12.3. The summed E-state index contributed by atoms with van der Waals surface area (Å²) in [5.74, 6) is 2.35. The Morgan fingerprint density at radius 2 is 1.92 bits per heavy atom. The Morgan fingerprint density at radius 1 is 1.27 bits per heavy atom. The molecular weight excluding hydrogens is 350 g/mol. The standard InChI is InChI=1S/C19H29N3O3S/c1-25-4-2-3-20-16(23)8-15-17(24)21-18(26-15)22-19-9-12-5-13(10-19)7-14(6-12)11-19/h12-15H,2-11H2,1H3,(H,20,23)(H,21,22,24). The van der Waals surface area contributed by atoms with Gasteiger partial charge in [0.15, 0.2) is 5.17 Å². The minimum absolute atomic E-state index is 0.0572. The molecule has 2 amide bonds. The van der Waals surface area contributed by atoms with Crippen LogP contribution >= 0.6 is 11.8 Å². The number of aliphatic imine (C=N–C) groups is 1. The minimum Gasteiger partial charge on any atom is -0.385 e. The van der Waals surface area contributed by atoms with Crippen LogP contribution in [0.3, 0.4) is 0 Å². The average Bonchev–Trinajstić information content (AvgIpc) is 2.88. The summed E-state index contributed by atoms with van der Waals surface area (Å²) < 4.78 is 4.97. The van der Waals surface area contributed by atoms with Gasteiger partial charge < -0.3 is 15.4 Å². The van der Waals surface area contributed by atoms with Crippen LogP contribution < -0.4 is 10.6 Å². The van der Waals surface area contributed by atoms with Crippen LogP contribution in [0, 0.1) is 17.8 Å². The highest BCUT2D eigenvalue weighted by Crippen LogP contribution is 2.57. The number of carbonyl (C=O) groups is 2. The SMILES string of the molecule is COCCCNC(=O)CC1SC(=NC23CC4CC(CC(C4)C2)C3)NC1=O. The molecule has 4 saturated carbocycles. The molecule has 0 radical (unpaired) electrons. The molecule has 4 bridgehead atoms. The maximum Gasteiger partial charge on any atom is 0.240 e. The van der Waals surface area contributed by atoms with E-state index in [1.54, 1.807) is 7.11 Å². The number of carbonyl (C=O) groups excluding carboxylic acids is 2. The van der Waals surface area contributed by atoms with Gasteiger partial charge in [-0.2, -0.15) is 0 Å². The van der Waals surface area contributed by atoms with E-state index in [0.29, 0.717) is 13.2 Å². The van der Waals surface area contributed by atoms with Gasteiger partial charge in [0, 0.05) is 26.7 Å². The lowest BCUT2D eigenvalue weighted by molar-refractivity contribution is -0.125. The molecule has 1 aliphatic heterocycles. The van der Waals surface area contributed by atoms with Crippen molar-refractivity contribution >= 4 is 28.7 Å². The van der Waals surface area contributed by atoms with E-state index in [9.17, 15) is 9.59 Å². The summed E-state index contributed by atoms with van der Waals surface area (Å²) in [6.07, 6.45) is 8.70. The number of hydrogen-bond acceptors (Lipinski definition) is 5. The topological polar surface area (TPSA) is 79.8 Å². The number of methoxy groups -OCH3 is 1. The first-order valence-corrected chi connectivity index (χ1v) is 10.8. The maximum absolute atomic E-state index is 12.3. The minimum atomic E-state index is -0.356. The highest BCUT2D eigenvalue weighted by Gasteiger charge is 2.51. The smallest absolute Gasteiger partial charge is 0.240 e. The fourth-order valence-corrected chi connectivity index (χ4v) is 6.77. The first-order valence-electron chi connectivity index (χ1n) is 9.88. The van der Waals surface area contributed by atoms with Gasteiger partial charge in [0.05, 0.1) is 5.54 Å². The summed E-state index contributed by atoms with van der Waals surface area (Å²) in [7, 11) is 1.64. The van der Waals surface area contributed by atoms with Gasteiger partial charge in [0.25, 0.3) is 0 Å². The lowest BCUT2D eigenvalue weighted by atomic mass is 9.53. The zero-order valence-corrected chi connectivity index (χ0v) is 16.3. The van der Waals surface area contributed by atoms with Gasteiger partial charge in [-0.25, -0.2) is 0 Å². The molecule has 0 aromatic heterocycles. The number of rotatable bonds is 7. The van der Waals surface area contributed by atoms with E-state index in [1.165, 1.54) is 50.3 Å². The Hall–Kier alpha value is -1.08. The molecule has 7 heteroatoms. The number of amides is 2. The lowest BCUT2D eigenvalue weighted by Crippen LogP contribution is -2.50. The van der Waals surface area contributed by atoms with Crippen molar-refractivity contribution in [2.24, 2.45) is 22.7 Å². The van der Waals surface area contributed by atoms with E-state index in [0.717, 1.165) is 29.3 Å². The summed E-state index contributed by atoms with van der Waals surface area (Å²) in [5, 5.41) is 6.18. The molecule has 5 fully saturated rings. The molecule has 26 heavy (non-hydrogen) atoms. The van der Waals surface area contributed by atoms with E-state index in [4.69, 9.17) is 9.73 Å². The summed E-state index contributed by atoms with van der Waals surface area (Å²) in [5.41, 5.74) is 0.0572. The van der Waals surface area contributed by atoms with Crippen molar-refractivity contribution in [3.05, 3.63) is 0 Å². The third-order valence-corrected chi connectivity index (χ3v) is 7.42. The van der Waals surface area contributed by atoms with E-state index >= 15 is 0 Å². The van der Waals surface area contributed by atoms with Crippen LogP contribution in [0.1, 0.15) is 51.4 Å². The van der Waals surface area contributed by atoms with Gasteiger partial charge in [-0.3, -0.25) is 14.6 Å². The molecular formula is C19H29N3O3S. The molecule has 0 aromatic rings. The van der Waals surface area contributed by atoms with Crippen molar-refractivity contribution in [3.63, 3.8) is 0 Å². The van der Waals surface area contributed by atoms with Crippen molar-refractivity contribution in [1.82, 2.24) is 10.6 Å². The van der Waals surface area contributed by atoms with E-state index in [1.807, 2.05) is 0 Å². The fourth-order valence-electron chi connectivity index (χ4n) is 5.69. The number of nitrogens with one attached hydrogen (secondary N) is 2. The summed E-state index contributed by atoms with van der Waals surface area (Å²) in [6.45, 7) is 1.21. The van der Waals surface area contributed by atoms with Gasteiger partial charge in [-0.15, -0.1) is 0 Å². The van der Waals surface area contributed by atoms with E-state index in [2.05, 4.69) is 10.6 Å². The third kappa shape index (κ3) is 3.93. The zero-order chi connectivity index (χ0) is 18.1. The van der Waals surface area contributed by atoms with E-state index in [-0.39, 0.29) is 29.0 Å². The molecule has 1 unspecified atom stereocenters. The Labute approximate surface area is 159 Å². The Bertz CT molecular complexity index is 572. The highest BCUT2D eigenvalue weighted by molar-refractivity contribution is 8.15. The van der Waals surface area contributed by atoms with Crippen molar-refractivity contribution in [3.8, 4) is 0 Å². The molecule has 0 aromatic carbocycles. The second kappa shape index (κ2) is 7.50. The zero-order valence-electron chi connectivity index (χ0n) is 15.5. The molecule has 1 heterocycles. The van der Waals surface area contributed by atoms with Crippen molar-refractivity contribution in [2.75, 3.05) is 20.3 Å². The van der Waals surface area contributed by atoms with Crippen molar-refractivity contribution in [1.29, 1.82) is 0 Å². The molecule has 2 N–H and O–H groups in total. The summed E-state index contributed by atoms with van der Waals surface area (Å²) in [6, 6.07) is 0. The van der Waals surface area contributed by atoms with Crippen LogP contribution in [0.4, 0.5) is 0 Å². The molecule has 5 rings (SSSR count). The monoisotopic (exact) mass is 379 g/mol. The molecule has 0 spiro atoms. The quantitative estimate of drug-likeness (QED) is 0.664. The number of thioether (sulfide) groups is 1. The third-order valence-electron chi connectivity index (χ3n) is 6.34. The van der Waals surface area contributed by atoms with Crippen LogP contribution in [0.25, 0.3) is 0 Å². The molecule has 144 valence electrons. The van der Waals surface area contributed by atoms with Crippen LogP contribution in [-0.2, 0) is 14.3 Å². The predicted octanol–water partition coefficient (Wildman–Crippen LogP) is 2.09. The Kier molecular flexibility index (Phi) is 5.28. The van der Waals surface area contributed by atoms with Crippen LogP contribution in [0.5, 0.6) is 0 Å². The van der Waals surface area contributed by atoms with Crippen molar-refractivity contribution in [2.45, 2.75) is 62.2 Å². The second-order valence-corrected chi connectivity index (χ2v) is 9.75. The molecule has 1 saturated heterocycles. The average molecular weight is 380 g/mol. The highest BCUT2D eigenvalue weighted by atomic mass is 32.2. The normalized spacial score (nSPS) is 39.4. The number of amidine groups is 1. The van der Waals surface area contributed by atoms with E-state index < -0.39 is 0 Å². The lowest BCUT2D eigenvalue weighted by Gasteiger charge is -2.55. The summed E-state index contributed by atoms with van der Waals surface area (Å²) in [4.78, 5) is 29.4. The molecule has 6 nitrogen and oxygen atoms in total. The fraction of sp³-hybridized carbons (Fsp3) is 0.842. The number of hydrogen-bond donors (Lipinski definition) is 2. The first kappa shape index (κ1) is 18.3. The molecule has 1 atom stereocenters. The predicted molar refractivity (Wildman–Crippen MR) is 102 cm³/mol. The second-order valence-electron chi connectivity index (χ2n) is 8.56. The first-order chi connectivity index (χ1) is 12.5. The van der Waals surface area contributed by atoms with Gasteiger partial charge in [0.1, 0.15) is 5.25 Å². The molecule has 5 aliphatic rings. The van der Waals surface area contributed by atoms with Gasteiger partial charge in [-0.1, -0.05) is 11.8 Å². The van der Waals surface area contributed by atoms with Gasteiger partial charge >= 0.3 is 0 Å². The van der Waals surface area contributed by atoms with Crippen molar-refractivity contribution < 1.29 is 14.3 Å². The largest absolute Gasteiger partial charge is 0.385 e. The Balaban J connectivity index is 1.33.